The van der Waals surface area contributed by atoms with Crippen LogP contribution in [0, 0.1) is 10.1 Å². The Bertz CT molecular complexity index is 1170. The number of aromatic nitrogens is 2. The van der Waals surface area contributed by atoms with E-state index in [-0.39, 0.29) is 29.3 Å². The molecular weight excluding hydrogens is 406 g/mol. The number of amides is 1. The van der Waals surface area contributed by atoms with Crippen molar-refractivity contribution in [3.63, 3.8) is 0 Å². The van der Waals surface area contributed by atoms with Crippen LogP contribution in [0.15, 0.2) is 34.4 Å². The molecule has 1 amide bonds. The lowest BCUT2D eigenvalue weighted by Gasteiger charge is -2.28. The predicted molar refractivity (Wildman–Crippen MR) is 115 cm³/mol. The summed E-state index contributed by atoms with van der Waals surface area (Å²) >= 11 is 1.31. The smallest absolute Gasteiger partial charge is 0.293 e. The van der Waals surface area contributed by atoms with Gasteiger partial charge in [-0.05, 0) is 42.8 Å². The summed E-state index contributed by atoms with van der Waals surface area (Å²) in [6, 6.07) is 6.36. The van der Waals surface area contributed by atoms with Crippen LogP contribution in [0.4, 0.5) is 11.4 Å². The third-order valence-electron chi connectivity index (χ3n) is 5.21. The maximum atomic E-state index is 12.9. The Labute approximate surface area is 176 Å². The summed E-state index contributed by atoms with van der Waals surface area (Å²) in [6.45, 7) is 1.64. The molecule has 1 fully saturated rings. The van der Waals surface area contributed by atoms with E-state index in [1.807, 2.05) is 4.90 Å². The zero-order valence-corrected chi connectivity index (χ0v) is 17.3. The van der Waals surface area contributed by atoms with Gasteiger partial charge >= 0.3 is 0 Å². The fourth-order valence-electron chi connectivity index (χ4n) is 3.72. The molecule has 0 radical (unpaired) electrons. The van der Waals surface area contributed by atoms with E-state index in [0.29, 0.717) is 21.7 Å². The van der Waals surface area contributed by atoms with E-state index in [1.54, 1.807) is 30.6 Å². The van der Waals surface area contributed by atoms with Crippen molar-refractivity contribution in [1.82, 2.24) is 14.9 Å². The van der Waals surface area contributed by atoms with Gasteiger partial charge < -0.3 is 14.8 Å². The number of nitrogens with zero attached hydrogens (tertiary/aromatic N) is 4. The minimum absolute atomic E-state index is 0.0672. The lowest BCUT2D eigenvalue weighted by molar-refractivity contribution is -0.384. The highest BCUT2D eigenvalue weighted by atomic mass is 32.1. The number of carbonyl (C=O) groups is 1. The Morgan fingerprint density at radius 1 is 1.30 bits per heavy atom. The van der Waals surface area contributed by atoms with E-state index >= 15 is 0 Å². The molecule has 0 bridgehead atoms. The SMILES string of the molecule is CN(Cc1nc2ccsc2c(=O)[nH]1)C(=O)c1ccc(N2CCCCC2)c([N+](=O)[O-])c1. The van der Waals surface area contributed by atoms with E-state index in [0.717, 1.165) is 32.4 Å². The van der Waals surface area contributed by atoms with Gasteiger partial charge in [0.2, 0.25) is 0 Å². The first-order valence-electron chi connectivity index (χ1n) is 9.69. The van der Waals surface area contributed by atoms with Crippen molar-refractivity contribution in [2.45, 2.75) is 25.8 Å². The lowest BCUT2D eigenvalue weighted by atomic mass is 10.1. The first-order valence-corrected chi connectivity index (χ1v) is 10.6. The van der Waals surface area contributed by atoms with Crippen LogP contribution in [0.2, 0.25) is 0 Å². The van der Waals surface area contributed by atoms with Crippen molar-refractivity contribution in [2.24, 2.45) is 0 Å². The highest BCUT2D eigenvalue weighted by molar-refractivity contribution is 7.17. The topological polar surface area (TPSA) is 112 Å². The number of thiophene rings is 1. The molecule has 1 N–H and O–H groups in total. The number of anilines is 1. The first kappa shape index (κ1) is 20.0. The minimum atomic E-state index is -0.440. The van der Waals surface area contributed by atoms with Gasteiger partial charge in [-0.2, -0.15) is 0 Å². The van der Waals surface area contributed by atoms with E-state index in [1.165, 1.54) is 22.3 Å². The van der Waals surface area contributed by atoms with Crippen molar-refractivity contribution in [3.8, 4) is 0 Å². The van der Waals surface area contributed by atoms with Crippen molar-refractivity contribution in [2.75, 3.05) is 25.0 Å². The summed E-state index contributed by atoms with van der Waals surface area (Å²) in [6.07, 6.45) is 3.12. The highest BCUT2D eigenvalue weighted by Gasteiger charge is 2.24. The number of carbonyl (C=O) groups excluding carboxylic acids is 1. The van der Waals surface area contributed by atoms with Crippen molar-refractivity contribution in [1.29, 1.82) is 0 Å². The van der Waals surface area contributed by atoms with Crippen LogP contribution in [-0.4, -0.2) is 45.8 Å². The van der Waals surface area contributed by atoms with Crippen LogP contribution in [0.25, 0.3) is 10.2 Å². The number of nitro benzene ring substituents is 1. The van der Waals surface area contributed by atoms with Crippen LogP contribution in [0.1, 0.15) is 35.4 Å². The Morgan fingerprint density at radius 3 is 2.80 bits per heavy atom. The second kappa shape index (κ2) is 8.23. The standard InChI is InChI=1S/C20H21N5O4S/c1-23(12-17-21-14-7-10-30-18(14)19(26)22-17)20(27)13-5-6-15(16(11-13)25(28)29)24-8-3-2-4-9-24/h5-7,10-11H,2-4,8-9,12H2,1H3,(H,21,22,26). The number of H-pyrrole nitrogens is 1. The van der Waals surface area contributed by atoms with Gasteiger partial charge in [-0.15, -0.1) is 11.3 Å². The Morgan fingerprint density at radius 2 is 2.07 bits per heavy atom. The molecule has 156 valence electrons. The average Bonchev–Trinajstić information content (AvgIpc) is 3.22. The molecule has 9 nitrogen and oxygen atoms in total. The van der Waals surface area contributed by atoms with Gasteiger partial charge in [0.15, 0.2) is 0 Å². The number of benzene rings is 1. The third-order valence-corrected chi connectivity index (χ3v) is 6.12. The summed E-state index contributed by atoms with van der Waals surface area (Å²) < 4.78 is 0.539. The molecule has 3 heterocycles. The number of rotatable bonds is 5. The summed E-state index contributed by atoms with van der Waals surface area (Å²) in [4.78, 5) is 46.7. The van der Waals surface area contributed by atoms with Gasteiger partial charge in [-0.25, -0.2) is 4.98 Å². The summed E-state index contributed by atoms with van der Waals surface area (Å²) in [7, 11) is 1.57. The van der Waals surface area contributed by atoms with Crippen LogP contribution in [0.3, 0.4) is 0 Å². The van der Waals surface area contributed by atoms with Crippen molar-refractivity contribution < 1.29 is 9.72 Å². The maximum absolute atomic E-state index is 12.9. The number of hydrogen-bond acceptors (Lipinski definition) is 7. The second-order valence-electron chi connectivity index (χ2n) is 7.32. The molecule has 1 aromatic carbocycles. The largest absolute Gasteiger partial charge is 0.366 e. The quantitative estimate of drug-likeness (QED) is 0.494. The van der Waals surface area contributed by atoms with Crippen molar-refractivity contribution in [3.05, 3.63) is 61.5 Å². The first-order chi connectivity index (χ1) is 14.4. The molecule has 0 saturated carbocycles. The summed E-state index contributed by atoms with van der Waals surface area (Å²) in [5.41, 5.74) is 1.05. The van der Waals surface area contributed by atoms with Crippen LogP contribution < -0.4 is 10.5 Å². The number of hydrogen-bond donors (Lipinski definition) is 1. The molecule has 30 heavy (non-hydrogen) atoms. The molecule has 0 spiro atoms. The average molecular weight is 427 g/mol. The normalized spacial score (nSPS) is 14.1. The maximum Gasteiger partial charge on any atom is 0.293 e. The fourth-order valence-corrected chi connectivity index (χ4v) is 4.44. The van der Waals surface area contributed by atoms with E-state index in [4.69, 9.17) is 0 Å². The van der Waals surface area contributed by atoms with Gasteiger partial charge in [0.25, 0.3) is 17.2 Å². The van der Waals surface area contributed by atoms with Crippen LogP contribution in [-0.2, 0) is 6.54 Å². The molecule has 0 atom stereocenters. The fraction of sp³-hybridized carbons (Fsp3) is 0.350. The summed E-state index contributed by atoms with van der Waals surface area (Å²) in [5, 5.41) is 13.4. The number of piperidine rings is 1. The van der Waals surface area contributed by atoms with Crippen molar-refractivity contribution >= 4 is 38.8 Å². The van der Waals surface area contributed by atoms with Gasteiger partial charge in [0.1, 0.15) is 16.2 Å². The van der Waals surface area contributed by atoms with E-state index < -0.39 is 4.92 Å². The molecule has 4 rings (SSSR count). The molecule has 0 aliphatic carbocycles. The monoisotopic (exact) mass is 427 g/mol. The number of nitrogens with one attached hydrogen (secondary N) is 1. The zero-order chi connectivity index (χ0) is 21.3. The molecular formula is C20H21N5O4S. The highest BCUT2D eigenvalue weighted by Crippen LogP contribution is 2.31. The van der Waals surface area contributed by atoms with Gasteiger partial charge in [0.05, 0.1) is 17.0 Å². The van der Waals surface area contributed by atoms with E-state index in [9.17, 15) is 19.7 Å². The molecule has 2 aromatic heterocycles. The molecule has 10 heteroatoms. The van der Waals surface area contributed by atoms with E-state index in [2.05, 4.69) is 9.97 Å². The van der Waals surface area contributed by atoms with Crippen LogP contribution in [0.5, 0.6) is 0 Å². The molecule has 0 unspecified atom stereocenters. The van der Waals surface area contributed by atoms with Gasteiger partial charge in [-0.1, -0.05) is 0 Å². The van der Waals surface area contributed by atoms with Gasteiger partial charge in [-0.3, -0.25) is 19.7 Å². The molecule has 1 aliphatic rings. The Kier molecular flexibility index (Phi) is 5.49. The third kappa shape index (κ3) is 3.90. The number of fused-ring (bicyclic) bond motifs is 1. The summed E-state index contributed by atoms with van der Waals surface area (Å²) in [5.74, 6) is -0.0162. The molecule has 1 aliphatic heterocycles. The molecule has 1 saturated heterocycles. The zero-order valence-electron chi connectivity index (χ0n) is 16.5. The van der Waals surface area contributed by atoms with Crippen LogP contribution >= 0.6 is 11.3 Å². The Balaban J connectivity index is 1.57. The van der Waals surface area contributed by atoms with Gasteiger partial charge in [0, 0.05) is 31.8 Å². The molecule has 3 aromatic rings. The second-order valence-corrected chi connectivity index (χ2v) is 8.23. The predicted octanol–water partition coefficient (Wildman–Crippen LogP) is 3.16. The number of nitro groups is 1. The lowest BCUT2D eigenvalue weighted by Crippen LogP contribution is -2.30. The number of aromatic amines is 1. The Hall–Kier alpha value is -3.27. The minimum Gasteiger partial charge on any atom is -0.366 e.